The summed E-state index contributed by atoms with van der Waals surface area (Å²) in [4.78, 5) is 13.9. The van der Waals surface area contributed by atoms with Gasteiger partial charge >= 0.3 is 12.0 Å². The number of piperidine rings is 1. The normalized spacial score (nSPS) is 27.5. The van der Waals surface area contributed by atoms with E-state index in [-0.39, 0.29) is 25.0 Å². The molecule has 1 aliphatic carbocycles. The quantitative estimate of drug-likeness (QED) is 0.839. The maximum atomic E-state index is 13.5. The van der Waals surface area contributed by atoms with Crippen molar-refractivity contribution < 1.29 is 18.3 Å². The Bertz CT molecular complexity index is 506. The predicted octanol–water partition coefficient (Wildman–Crippen LogP) is 1.51. The van der Waals surface area contributed by atoms with Crippen molar-refractivity contribution in [2.75, 3.05) is 32.2 Å². The summed E-state index contributed by atoms with van der Waals surface area (Å²) in [6.45, 7) is 0.907. The number of methoxy groups -OCH3 is 2. The Morgan fingerprint density at radius 3 is 2.20 bits per heavy atom. The zero-order valence-electron chi connectivity index (χ0n) is 11.4. The molecular weight excluding hydrogens is 270 g/mol. The summed E-state index contributed by atoms with van der Waals surface area (Å²) in [5.41, 5.74) is -0.904. The zero-order chi connectivity index (χ0) is 14.4. The van der Waals surface area contributed by atoms with Crippen LogP contribution in [-0.2, 0) is 0 Å². The second-order valence-corrected chi connectivity index (χ2v) is 5.30. The Labute approximate surface area is 115 Å². The number of rotatable bonds is 3. The second kappa shape index (κ2) is 4.39. The number of hydrogen-bond donors (Lipinski definition) is 0. The highest BCUT2D eigenvalue weighted by atomic mass is 19.3. The smallest absolute Gasteiger partial charge is 0.324 e. The topological polar surface area (TPSA) is 60.4 Å². The average molecular weight is 286 g/mol. The number of alkyl halides is 2. The van der Waals surface area contributed by atoms with Crippen molar-refractivity contribution >= 4 is 5.95 Å². The summed E-state index contributed by atoms with van der Waals surface area (Å²) in [5, 5.41) is 0. The number of nitrogens with zero attached hydrogens (tertiary/aromatic N) is 4. The van der Waals surface area contributed by atoms with Gasteiger partial charge in [0.1, 0.15) is 0 Å². The van der Waals surface area contributed by atoms with Crippen molar-refractivity contribution in [3.8, 4) is 12.0 Å². The summed E-state index contributed by atoms with van der Waals surface area (Å²) in [5.74, 6) is -2.23. The number of hydrogen-bond acceptors (Lipinski definition) is 6. The molecule has 0 bridgehead atoms. The molecule has 1 aromatic heterocycles. The van der Waals surface area contributed by atoms with Crippen LogP contribution in [0, 0.1) is 5.41 Å². The molecule has 0 amide bonds. The van der Waals surface area contributed by atoms with Gasteiger partial charge in [-0.3, -0.25) is 0 Å². The first-order valence-electron chi connectivity index (χ1n) is 6.46. The molecule has 1 saturated carbocycles. The van der Waals surface area contributed by atoms with E-state index in [1.54, 1.807) is 4.90 Å². The monoisotopic (exact) mass is 286 g/mol. The number of ether oxygens (including phenoxy) is 2. The summed E-state index contributed by atoms with van der Waals surface area (Å²) < 4.78 is 37.0. The molecule has 0 N–H and O–H groups in total. The Kier molecular flexibility index (Phi) is 2.91. The van der Waals surface area contributed by atoms with Crippen molar-refractivity contribution in [1.82, 2.24) is 15.0 Å². The van der Waals surface area contributed by atoms with Gasteiger partial charge in [-0.2, -0.15) is 9.97 Å². The van der Waals surface area contributed by atoms with E-state index in [1.165, 1.54) is 14.2 Å². The van der Waals surface area contributed by atoms with E-state index in [2.05, 4.69) is 15.0 Å². The number of halogens is 2. The van der Waals surface area contributed by atoms with Crippen LogP contribution in [0.4, 0.5) is 14.7 Å². The van der Waals surface area contributed by atoms with Gasteiger partial charge in [-0.05, 0) is 12.8 Å². The zero-order valence-corrected chi connectivity index (χ0v) is 11.4. The molecule has 1 saturated heterocycles. The van der Waals surface area contributed by atoms with Gasteiger partial charge in [-0.15, -0.1) is 4.98 Å². The lowest BCUT2D eigenvalue weighted by molar-refractivity contribution is 0.0573. The number of anilines is 1. The molecule has 1 atom stereocenters. The van der Waals surface area contributed by atoms with E-state index in [0.29, 0.717) is 25.3 Å². The van der Waals surface area contributed by atoms with E-state index < -0.39 is 11.3 Å². The Balaban J connectivity index is 1.85. The van der Waals surface area contributed by atoms with E-state index in [0.717, 1.165) is 0 Å². The van der Waals surface area contributed by atoms with E-state index in [9.17, 15) is 8.78 Å². The highest BCUT2D eigenvalue weighted by Gasteiger charge is 2.71. The van der Waals surface area contributed by atoms with Crippen LogP contribution in [0.3, 0.4) is 0 Å². The van der Waals surface area contributed by atoms with Crippen LogP contribution in [0.1, 0.15) is 19.3 Å². The van der Waals surface area contributed by atoms with Gasteiger partial charge in [0.25, 0.3) is 5.92 Å². The summed E-state index contributed by atoms with van der Waals surface area (Å²) in [6, 6.07) is 0.239. The Morgan fingerprint density at radius 1 is 1.10 bits per heavy atom. The largest absolute Gasteiger partial charge is 0.467 e. The molecular formula is C12H16F2N4O2. The minimum atomic E-state index is -2.56. The standard InChI is InChI=1S/C12H16F2N4O2/c1-19-9-15-8(16-10(17-9)20-2)18-5-3-4-11(7-18)6-12(11,13)14/h3-7H2,1-2H3. The van der Waals surface area contributed by atoms with Crippen molar-refractivity contribution in [2.24, 2.45) is 5.41 Å². The highest BCUT2D eigenvalue weighted by molar-refractivity contribution is 5.36. The molecule has 20 heavy (non-hydrogen) atoms. The first-order valence-corrected chi connectivity index (χ1v) is 6.46. The van der Waals surface area contributed by atoms with Crippen molar-refractivity contribution in [3.05, 3.63) is 0 Å². The van der Waals surface area contributed by atoms with Crippen LogP contribution >= 0.6 is 0 Å². The van der Waals surface area contributed by atoms with E-state index >= 15 is 0 Å². The van der Waals surface area contributed by atoms with Crippen molar-refractivity contribution in [3.63, 3.8) is 0 Å². The van der Waals surface area contributed by atoms with Crippen molar-refractivity contribution in [2.45, 2.75) is 25.2 Å². The average Bonchev–Trinajstić information content (AvgIpc) is 2.97. The second-order valence-electron chi connectivity index (χ2n) is 5.30. The van der Waals surface area contributed by atoms with Gasteiger partial charge in [0.15, 0.2) is 0 Å². The molecule has 2 fully saturated rings. The van der Waals surface area contributed by atoms with Crippen LogP contribution < -0.4 is 14.4 Å². The SMILES string of the molecule is COc1nc(OC)nc(N2CCCC3(C2)CC3(F)F)n1. The van der Waals surface area contributed by atoms with Gasteiger partial charge in [-0.25, -0.2) is 8.78 Å². The van der Waals surface area contributed by atoms with Crippen molar-refractivity contribution in [1.29, 1.82) is 0 Å². The third-order valence-electron chi connectivity index (χ3n) is 4.02. The van der Waals surface area contributed by atoms with Crippen LogP contribution in [0.15, 0.2) is 0 Å². The molecule has 110 valence electrons. The molecule has 1 aliphatic heterocycles. The molecule has 1 spiro atoms. The molecule has 8 heteroatoms. The fourth-order valence-electron chi connectivity index (χ4n) is 2.78. The predicted molar refractivity (Wildman–Crippen MR) is 66.4 cm³/mol. The minimum absolute atomic E-state index is 0.0458. The van der Waals surface area contributed by atoms with Gasteiger partial charge in [0.05, 0.1) is 19.6 Å². The third kappa shape index (κ3) is 2.03. The van der Waals surface area contributed by atoms with Crippen LogP contribution in [0.25, 0.3) is 0 Å². The minimum Gasteiger partial charge on any atom is -0.467 e. The van der Waals surface area contributed by atoms with E-state index in [4.69, 9.17) is 9.47 Å². The summed E-state index contributed by atoms with van der Waals surface area (Å²) in [6.07, 6.45) is 1.21. The highest BCUT2D eigenvalue weighted by Crippen LogP contribution is 2.64. The number of aromatic nitrogens is 3. The summed E-state index contributed by atoms with van der Waals surface area (Å²) in [7, 11) is 2.87. The molecule has 2 heterocycles. The van der Waals surface area contributed by atoms with Gasteiger partial charge in [0.2, 0.25) is 5.95 Å². The lowest BCUT2D eigenvalue weighted by Gasteiger charge is -2.33. The molecule has 2 aliphatic rings. The molecule has 6 nitrogen and oxygen atoms in total. The molecule has 0 aromatic carbocycles. The fourth-order valence-corrected chi connectivity index (χ4v) is 2.78. The molecule has 3 rings (SSSR count). The maximum Gasteiger partial charge on any atom is 0.324 e. The molecule has 1 unspecified atom stereocenters. The maximum absolute atomic E-state index is 13.5. The van der Waals surface area contributed by atoms with Crippen LogP contribution in [-0.4, -0.2) is 48.2 Å². The lowest BCUT2D eigenvalue weighted by atomic mass is 9.94. The van der Waals surface area contributed by atoms with Gasteiger partial charge in [0, 0.05) is 19.5 Å². The molecule has 1 aromatic rings. The summed E-state index contributed by atoms with van der Waals surface area (Å²) >= 11 is 0. The van der Waals surface area contributed by atoms with Crippen LogP contribution in [0.5, 0.6) is 12.0 Å². The van der Waals surface area contributed by atoms with Crippen LogP contribution in [0.2, 0.25) is 0 Å². The van der Waals surface area contributed by atoms with Gasteiger partial charge < -0.3 is 14.4 Å². The lowest BCUT2D eigenvalue weighted by Crippen LogP contribution is -2.40. The van der Waals surface area contributed by atoms with Gasteiger partial charge in [-0.1, -0.05) is 0 Å². The third-order valence-corrected chi connectivity index (χ3v) is 4.02. The Hall–Kier alpha value is -1.73. The Morgan fingerprint density at radius 2 is 1.70 bits per heavy atom. The first-order chi connectivity index (χ1) is 9.49. The first kappa shape index (κ1) is 13.3. The van der Waals surface area contributed by atoms with E-state index in [1.807, 2.05) is 0 Å². The fraction of sp³-hybridized carbons (Fsp3) is 0.750. The molecule has 0 radical (unpaired) electrons.